The lowest BCUT2D eigenvalue weighted by atomic mass is 9.77. The van der Waals surface area contributed by atoms with Crippen LogP contribution in [0.25, 0.3) is 0 Å². The second-order valence-electron chi connectivity index (χ2n) is 11.9. The molecule has 1 aromatic carbocycles. The molecule has 34 heavy (non-hydrogen) atoms. The largest absolute Gasteiger partial charge is 0.494 e. The maximum Gasteiger partial charge on any atom is 0.119 e. The molecule has 2 saturated carbocycles. The summed E-state index contributed by atoms with van der Waals surface area (Å²) in [7, 11) is 0. The van der Waals surface area contributed by atoms with Crippen LogP contribution >= 0.6 is 0 Å². The second-order valence-corrected chi connectivity index (χ2v) is 11.9. The van der Waals surface area contributed by atoms with Gasteiger partial charge in [-0.2, -0.15) is 0 Å². The summed E-state index contributed by atoms with van der Waals surface area (Å²) in [6.45, 7) is 5.51. The minimum atomic E-state index is 0.780. The molecule has 0 amide bonds. The number of rotatable bonds is 16. The van der Waals surface area contributed by atoms with Gasteiger partial charge in [-0.25, -0.2) is 0 Å². The van der Waals surface area contributed by atoms with Gasteiger partial charge in [0.2, 0.25) is 0 Å². The molecule has 0 radical (unpaired) electrons. The highest BCUT2D eigenvalue weighted by molar-refractivity contribution is 5.29. The normalized spacial score (nSPS) is 25.4. The van der Waals surface area contributed by atoms with E-state index in [0.29, 0.717) is 0 Å². The van der Waals surface area contributed by atoms with Crippen molar-refractivity contribution in [2.45, 2.75) is 148 Å². The molecule has 1 heteroatoms. The molecule has 0 saturated heterocycles. The highest BCUT2D eigenvalue weighted by Crippen LogP contribution is 2.38. The first-order valence-corrected chi connectivity index (χ1v) is 15.5. The maximum atomic E-state index is 6.12. The molecule has 0 N–H and O–H groups in total. The molecule has 3 rings (SSSR count). The lowest BCUT2D eigenvalue weighted by Gasteiger charge is -2.29. The quantitative estimate of drug-likeness (QED) is 0.219. The van der Waals surface area contributed by atoms with E-state index in [4.69, 9.17) is 4.74 Å². The van der Waals surface area contributed by atoms with E-state index in [0.717, 1.165) is 36.0 Å². The average Bonchev–Trinajstić information content (AvgIpc) is 2.88. The summed E-state index contributed by atoms with van der Waals surface area (Å²) in [6, 6.07) is 9.17. The number of hydrogen-bond donors (Lipinski definition) is 0. The van der Waals surface area contributed by atoms with Crippen LogP contribution in [-0.4, -0.2) is 6.61 Å². The van der Waals surface area contributed by atoms with Gasteiger partial charge in [-0.1, -0.05) is 116 Å². The summed E-state index contributed by atoms with van der Waals surface area (Å²) in [4.78, 5) is 0. The molecule has 194 valence electrons. The third kappa shape index (κ3) is 10.3. The first-order valence-electron chi connectivity index (χ1n) is 15.5. The van der Waals surface area contributed by atoms with Gasteiger partial charge in [-0.3, -0.25) is 0 Å². The van der Waals surface area contributed by atoms with Crippen LogP contribution in [0, 0.1) is 17.8 Å². The van der Waals surface area contributed by atoms with E-state index in [2.05, 4.69) is 38.1 Å². The predicted octanol–water partition coefficient (Wildman–Crippen LogP) is 10.9. The molecule has 0 spiro atoms. The van der Waals surface area contributed by atoms with Crippen molar-refractivity contribution in [2.75, 3.05) is 6.61 Å². The van der Waals surface area contributed by atoms with E-state index >= 15 is 0 Å². The monoisotopic (exact) mass is 468 g/mol. The Morgan fingerprint density at radius 3 is 1.62 bits per heavy atom. The van der Waals surface area contributed by atoms with Gasteiger partial charge in [-0.15, -0.1) is 0 Å². The van der Waals surface area contributed by atoms with Crippen LogP contribution in [0.2, 0.25) is 0 Å². The summed E-state index contributed by atoms with van der Waals surface area (Å²) < 4.78 is 6.12. The lowest BCUT2D eigenvalue weighted by Crippen LogP contribution is -2.15. The number of hydrogen-bond acceptors (Lipinski definition) is 1. The zero-order valence-corrected chi connectivity index (χ0v) is 22.9. The van der Waals surface area contributed by atoms with Crippen LogP contribution in [0.5, 0.6) is 5.75 Å². The summed E-state index contributed by atoms with van der Waals surface area (Å²) in [6.07, 6.45) is 28.5. The first kappa shape index (κ1) is 27.6. The van der Waals surface area contributed by atoms with Crippen molar-refractivity contribution in [3.63, 3.8) is 0 Å². The topological polar surface area (TPSA) is 9.23 Å². The molecule has 1 nitrogen and oxygen atoms in total. The highest BCUT2D eigenvalue weighted by Gasteiger charge is 2.22. The molecule has 2 fully saturated rings. The van der Waals surface area contributed by atoms with Gasteiger partial charge in [0.05, 0.1) is 6.61 Å². The van der Waals surface area contributed by atoms with Gasteiger partial charge in [-0.05, 0) is 79.9 Å². The Balaban J connectivity index is 1.24. The Hall–Kier alpha value is -0.980. The van der Waals surface area contributed by atoms with Crippen LogP contribution < -0.4 is 4.74 Å². The van der Waals surface area contributed by atoms with Crippen molar-refractivity contribution in [3.8, 4) is 5.75 Å². The predicted molar refractivity (Wildman–Crippen MR) is 149 cm³/mol. The summed E-state index contributed by atoms with van der Waals surface area (Å²) >= 11 is 0. The summed E-state index contributed by atoms with van der Waals surface area (Å²) in [5.41, 5.74) is 1.55. The zero-order chi connectivity index (χ0) is 23.8. The van der Waals surface area contributed by atoms with Crippen LogP contribution in [0.15, 0.2) is 24.3 Å². The third-order valence-corrected chi connectivity index (χ3v) is 9.12. The van der Waals surface area contributed by atoms with E-state index in [9.17, 15) is 0 Å². The maximum absolute atomic E-state index is 6.12. The molecule has 2 aliphatic rings. The molecule has 1 aromatic rings. The van der Waals surface area contributed by atoms with Gasteiger partial charge in [0.1, 0.15) is 5.75 Å². The van der Waals surface area contributed by atoms with Gasteiger partial charge < -0.3 is 4.74 Å². The number of ether oxygens (including phenoxy) is 1. The Morgan fingerprint density at radius 2 is 1.03 bits per heavy atom. The van der Waals surface area contributed by atoms with E-state index in [1.807, 2.05) is 0 Å². The van der Waals surface area contributed by atoms with Crippen LogP contribution in [-0.2, 0) is 0 Å². The van der Waals surface area contributed by atoms with Crippen LogP contribution in [0.4, 0.5) is 0 Å². The minimum Gasteiger partial charge on any atom is -0.494 e. The lowest BCUT2D eigenvalue weighted by molar-refractivity contribution is 0.228. The van der Waals surface area contributed by atoms with Crippen LogP contribution in [0.1, 0.15) is 154 Å². The molecular formula is C33H56O. The SMILES string of the molecule is CCCCCCC[C@H]1CC[C@H](c2ccc(OCCC[C@H]3CC[C@H](CCCCC)CC3)cc2)CC1. The fourth-order valence-electron chi connectivity index (χ4n) is 6.71. The smallest absolute Gasteiger partial charge is 0.119 e. The van der Waals surface area contributed by atoms with Crippen molar-refractivity contribution in [1.82, 2.24) is 0 Å². The fourth-order valence-corrected chi connectivity index (χ4v) is 6.71. The van der Waals surface area contributed by atoms with E-state index in [-0.39, 0.29) is 0 Å². The van der Waals surface area contributed by atoms with E-state index in [1.165, 1.54) is 128 Å². The van der Waals surface area contributed by atoms with Crippen molar-refractivity contribution in [2.24, 2.45) is 17.8 Å². The second kappa shape index (κ2) is 16.6. The Morgan fingerprint density at radius 1 is 0.559 bits per heavy atom. The fraction of sp³-hybridized carbons (Fsp3) is 0.818. The van der Waals surface area contributed by atoms with E-state index in [1.54, 1.807) is 5.56 Å². The van der Waals surface area contributed by atoms with Gasteiger partial charge in [0, 0.05) is 0 Å². The molecule has 0 unspecified atom stereocenters. The van der Waals surface area contributed by atoms with Crippen molar-refractivity contribution in [3.05, 3.63) is 29.8 Å². The molecule has 2 aliphatic carbocycles. The molecule has 0 bridgehead atoms. The van der Waals surface area contributed by atoms with Gasteiger partial charge in [0.15, 0.2) is 0 Å². The Labute approximate surface area is 212 Å². The minimum absolute atomic E-state index is 0.780. The zero-order valence-electron chi connectivity index (χ0n) is 22.9. The van der Waals surface area contributed by atoms with Gasteiger partial charge in [0.25, 0.3) is 0 Å². The van der Waals surface area contributed by atoms with Crippen LogP contribution in [0.3, 0.4) is 0 Å². The summed E-state index contributed by atoms with van der Waals surface area (Å²) in [5.74, 6) is 4.84. The molecular weight excluding hydrogens is 412 g/mol. The summed E-state index contributed by atoms with van der Waals surface area (Å²) in [5, 5.41) is 0. The van der Waals surface area contributed by atoms with Crippen molar-refractivity contribution < 1.29 is 4.74 Å². The average molecular weight is 469 g/mol. The number of unbranched alkanes of at least 4 members (excludes halogenated alkanes) is 6. The molecule has 0 heterocycles. The van der Waals surface area contributed by atoms with Gasteiger partial charge >= 0.3 is 0 Å². The van der Waals surface area contributed by atoms with Crippen molar-refractivity contribution in [1.29, 1.82) is 0 Å². The third-order valence-electron chi connectivity index (χ3n) is 9.12. The standard InChI is InChI=1S/C33H56O/c1-3-5-7-8-10-13-29-19-21-31(22-20-29)32-23-25-33(26-24-32)34-27-11-14-30-17-15-28(16-18-30)12-9-6-4-2/h23-26,28-31H,3-22,27H2,1-2H3/t28-,29-,30-,31-. The Kier molecular flexibility index (Phi) is 13.5. The first-order chi connectivity index (χ1) is 16.8. The van der Waals surface area contributed by atoms with Crippen molar-refractivity contribution >= 4 is 0 Å². The highest BCUT2D eigenvalue weighted by atomic mass is 16.5. The molecule has 0 aromatic heterocycles. The Bertz CT molecular complexity index is 604. The molecule has 0 aliphatic heterocycles. The van der Waals surface area contributed by atoms with E-state index < -0.39 is 0 Å². The molecule has 0 atom stereocenters. The number of benzene rings is 1.